The van der Waals surface area contributed by atoms with Crippen LogP contribution in [0, 0.1) is 0 Å². The highest BCUT2D eigenvalue weighted by Crippen LogP contribution is 1.88. The van der Waals surface area contributed by atoms with Crippen LogP contribution in [0.15, 0.2) is 4.99 Å². The molecule has 3 nitrogen and oxygen atoms in total. The summed E-state index contributed by atoms with van der Waals surface area (Å²) in [6.07, 6.45) is 4.21. The second-order valence-electron chi connectivity index (χ2n) is 2.41. The summed E-state index contributed by atoms with van der Waals surface area (Å²) in [7, 11) is 1.80. The number of thioether (sulfide) groups is 2. The highest BCUT2D eigenvalue weighted by Gasteiger charge is 1.94. The van der Waals surface area contributed by atoms with Crippen molar-refractivity contribution in [3.05, 3.63) is 0 Å². The van der Waals surface area contributed by atoms with E-state index >= 15 is 0 Å². The largest absolute Gasteiger partial charge is 0.356 e. The second-order valence-corrected chi connectivity index (χ2v) is 4.38. The van der Waals surface area contributed by atoms with Crippen LogP contribution in [0.4, 0.5) is 0 Å². The summed E-state index contributed by atoms with van der Waals surface area (Å²) in [5, 5.41) is 6.48. The topological polar surface area (TPSA) is 36.4 Å². The van der Waals surface area contributed by atoms with Crippen molar-refractivity contribution in [2.24, 2.45) is 4.99 Å². The van der Waals surface area contributed by atoms with E-state index in [0.717, 1.165) is 30.6 Å². The molecule has 0 aliphatic rings. The first kappa shape index (κ1) is 17.1. The van der Waals surface area contributed by atoms with Gasteiger partial charge in [-0.25, -0.2) is 0 Å². The standard InChI is InChI=1S/C8H19N3S2.HI/c1-9-8(10-4-6-12-2)11-5-7-13-3;/h4-7H2,1-3H3,(H2,9,10,11);1H. The molecule has 0 aromatic rings. The maximum Gasteiger partial charge on any atom is 0.191 e. The van der Waals surface area contributed by atoms with Gasteiger partial charge in [0.2, 0.25) is 0 Å². The van der Waals surface area contributed by atoms with Gasteiger partial charge in [0.05, 0.1) is 0 Å². The Bertz CT molecular complexity index is 133. The zero-order chi connectivity index (χ0) is 9.94. The van der Waals surface area contributed by atoms with E-state index in [2.05, 4.69) is 28.1 Å². The van der Waals surface area contributed by atoms with E-state index in [9.17, 15) is 0 Å². The highest BCUT2D eigenvalue weighted by atomic mass is 127. The summed E-state index contributed by atoms with van der Waals surface area (Å²) in [6.45, 7) is 1.94. The lowest BCUT2D eigenvalue weighted by molar-refractivity contribution is 0.865. The van der Waals surface area contributed by atoms with E-state index in [0.29, 0.717) is 0 Å². The Labute approximate surface area is 113 Å². The number of halogens is 1. The minimum atomic E-state index is 0. The molecule has 0 bridgehead atoms. The van der Waals surface area contributed by atoms with Gasteiger partial charge >= 0.3 is 0 Å². The monoisotopic (exact) mass is 349 g/mol. The number of hydrogen-bond donors (Lipinski definition) is 2. The van der Waals surface area contributed by atoms with Crippen molar-refractivity contribution < 1.29 is 0 Å². The summed E-state index contributed by atoms with van der Waals surface area (Å²) in [4.78, 5) is 4.11. The van der Waals surface area contributed by atoms with Crippen LogP contribution in [-0.2, 0) is 0 Å². The van der Waals surface area contributed by atoms with Crippen LogP contribution in [0.3, 0.4) is 0 Å². The highest BCUT2D eigenvalue weighted by molar-refractivity contribution is 14.0. The number of rotatable bonds is 6. The van der Waals surface area contributed by atoms with E-state index in [1.54, 1.807) is 7.05 Å². The Kier molecular flexibility index (Phi) is 16.7. The molecule has 0 fully saturated rings. The fourth-order valence-electron chi connectivity index (χ4n) is 0.764. The maximum atomic E-state index is 4.11. The van der Waals surface area contributed by atoms with Crippen LogP contribution in [0.1, 0.15) is 0 Å². The average molecular weight is 349 g/mol. The number of guanidine groups is 1. The van der Waals surface area contributed by atoms with Crippen LogP contribution in [0.5, 0.6) is 0 Å². The lowest BCUT2D eigenvalue weighted by Crippen LogP contribution is -2.39. The summed E-state index contributed by atoms with van der Waals surface area (Å²) >= 11 is 3.67. The number of aliphatic imine (C=N–C) groups is 1. The lowest BCUT2D eigenvalue weighted by atomic mass is 10.6. The van der Waals surface area contributed by atoms with Crippen LogP contribution in [0.2, 0.25) is 0 Å². The fourth-order valence-corrected chi connectivity index (χ4v) is 1.38. The molecule has 14 heavy (non-hydrogen) atoms. The van der Waals surface area contributed by atoms with E-state index in [-0.39, 0.29) is 24.0 Å². The molecule has 0 spiro atoms. The van der Waals surface area contributed by atoms with Crippen molar-refractivity contribution in [2.75, 3.05) is 44.2 Å². The average Bonchev–Trinajstić information content (AvgIpc) is 2.16. The first-order valence-electron chi connectivity index (χ1n) is 4.27. The lowest BCUT2D eigenvalue weighted by Gasteiger charge is -2.10. The van der Waals surface area contributed by atoms with Crippen molar-refractivity contribution in [1.82, 2.24) is 10.6 Å². The van der Waals surface area contributed by atoms with Crippen molar-refractivity contribution in [1.29, 1.82) is 0 Å². The van der Waals surface area contributed by atoms with Gasteiger partial charge in [0.1, 0.15) is 0 Å². The summed E-state index contributed by atoms with van der Waals surface area (Å²) < 4.78 is 0. The van der Waals surface area contributed by atoms with Crippen LogP contribution < -0.4 is 10.6 Å². The summed E-state index contributed by atoms with van der Waals surface area (Å²) in [5.41, 5.74) is 0. The van der Waals surface area contributed by atoms with E-state index in [1.807, 2.05) is 23.5 Å². The van der Waals surface area contributed by atoms with E-state index in [1.165, 1.54) is 0 Å². The van der Waals surface area contributed by atoms with Crippen molar-refractivity contribution in [2.45, 2.75) is 0 Å². The van der Waals surface area contributed by atoms with Gasteiger partial charge in [-0.3, -0.25) is 4.99 Å². The molecule has 0 aliphatic heterocycles. The molecule has 0 heterocycles. The summed E-state index contributed by atoms with van der Waals surface area (Å²) in [6, 6.07) is 0. The minimum Gasteiger partial charge on any atom is -0.356 e. The maximum absolute atomic E-state index is 4.11. The van der Waals surface area contributed by atoms with Crippen LogP contribution in [-0.4, -0.2) is 50.1 Å². The molecule has 0 amide bonds. The van der Waals surface area contributed by atoms with Crippen molar-refractivity contribution in [3.63, 3.8) is 0 Å². The zero-order valence-electron chi connectivity index (χ0n) is 9.00. The normalized spacial score (nSPS) is 8.79. The molecule has 0 saturated heterocycles. The SMILES string of the molecule is CN=C(NCCSC)NCCSC.I. The zero-order valence-corrected chi connectivity index (χ0v) is 13.0. The molecule has 0 atom stereocenters. The Morgan fingerprint density at radius 1 is 1.07 bits per heavy atom. The van der Waals surface area contributed by atoms with Gasteiger partial charge in [0.25, 0.3) is 0 Å². The molecule has 2 N–H and O–H groups in total. The predicted molar refractivity (Wildman–Crippen MR) is 81.5 cm³/mol. The quantitative estimate of drug-likeness (QED) is 0.330. The molecular formula is C8H20IN3S2. The Hall–Kier alpha value is 0.700. The summed E-state index contributed by atoms with van der Waals surface area (Å²) in [5.74, 6) is 3.13. The van der Waals surface area contributed by atoms with Gasteiger partial charge in [-0.2, -0.15) is 23.5 Å². The van der Waals surface area contributed by atoms with Gasteiger partial charge in [-0.15, -0.1) is 24.0 Å². The second kappa shape index (κ2) is 13.7. The van der Waals surface area contributed by atoms with E-state index in [4.69, 9.17) is 0 Å². The molecule has 0 aliphatic carbocycles. The smallest absolute Gasteiger partial charge is 0.191 e. The number of nitrogens with one attached hydrogen (secondary N) is 2. The Morgan fingerprint density at radius 2 is 1.50 bits per heavy atom. The van der Waals surface area contributed by atoms with Gasteiger partial charge in [-0.05, 0) is 12.5 Å². The first-order chi connectivity index (χ1) is 6.35. The molecule has 6 heteroatoms. The van der Waals surface area contributed by atoms with Gasteiger partial charge < -0.3 is 10.6 Å². The molecular weight excluding hydrogens is 329 g/mol. The molecule has 86 valence electrons. The van der Waals surface area contributed by atoms with Crippen LogP contribution in [0.25, 0.3) is 0 Å². The van der Waals surface area contributed by atoms with Gasteiger partial charge in [-0.1, -0.05) is 0 Å². The van der Waals surface area contributed by atoms with Crippen molar-refractivity contribution in [3.8, 4) is 0 Å². The number of hydrogen-bond acceptors (Lipinski definition) is 3. The molecule has 0 radical (unpaired) electrons. The third-order valence-corrected chi connectivity index (χ3v) is 2.65. The first-order valence-corrected chi connectivity index (χ1v) is 7.06. The van der Waals surface area contributed by atoms with Crippen molar-refractivity contribution >= 4 is 53.5 Å². The predicted octanol–water partition coefficient (Wildman–Crippen LogP) is 1.50. The Balaban J connectivity index is 0. The minimum absolute atomic E-state index is 0. The molecule has 0 aromatic heterocycles. The molecule has 0 saturated carbocycles. The molecule has 0 aromatic carbocycles. The third-order valence-electron chi connectivity index (χ3n) is 1.42. The third kappa shape index (κ3) is 10.8. The number of nitrogens with zero attached hydrogens (tertiary/aromatic N) is 1. The molecule has 0 rings (SSSR count). The fraction of sp³-hybridized carbons (Fsp3) is 0.875. The van der Waals surface area contributed by atoms with E-state index < -0.39 is 0 Å². The van der Waals surface area contributed by atoms with Gasteiger partial charge in [0, 0.05) is 31.6 Å². The van der Waals surface area contributed by atoms with Crippen LogP contribution >= 0.6 is 47.5 Å². The Morgan fingerprint density at radius 3 is 1.79 bits per heavy atom. The molecule has 0 unspecified atom stereocenters. The van der Waals surface area contributed by atoms with Gasteiger partial charge in [0.15, 0.2) is 5.96 Å².